The molecular weight excluding hydrogens is 336 g/mol. The van der Waals surface area contributed by atoms with Crippen LogP contribution in [0.3, 0.4) is 0 Å². The average molecular weight is 355 g/mol. The van der Waals surface area contributed by atoms with Crippen LogP contribution in [0.5, 0.6) is 0 Å². The molecule has 0 unspecified atom stereocenters. The van der Waals surface area contributed by atoms with Crippen LogP contribution in [0.15, 0.2) is 6.20 Å². The summed E-state index contributed by atoms with van der Waals surface area (Å²) in [5.41, 5.74) is 6.08. The Morgan fingerprint density at radius 3 is 2.70 bits per heavy atom. The van der Waals surface area contributed by atoms with Crippen LogP contribution in [0, 0.1) is 5.92 Å². The lowest BCUT2D eigenvalue weighted by Crippen LogP contribution is -2.30. The molecule has 2 aromatic rings. The molecule has 23 heavy (non-hydrogen) atoms. The number of amides is 1. The predicted octanol–water partition coefficient (Wildman–Crippen LogP) is 2.34. The van der Waals surface area contributed by atoms with E-state index in [9.17, 15) is 4.79 Å². The van der Waals surface area contributed by atoms with Gasteiger partial charge in [-0.15, -0.1) is 5.10 Å². The van der Waals surface area contributed by atoms with E-state index in [2.05, 4.69) is 20.2 Å². The van der Waals surface area contributed by atoms with Crippen LogP contribution in [-0.4, -0.2) is 39.0 Å². The van der Waals surface area contributed by atoms with Gasteiger partial charge in [0.15, 0.2) is 10.3 Å². The molecule has 0 aromatic carbocycles. The van der Waals surface area contributed by atoms with Gasteiger partial charge in [0.1, 0.15) is 11.7 Å². The van der Waals surface area contributed by atoms with Crippen LogP contribution in [0.4, 0.5) is 5.13 Å². The van der Waals surface area contributed by atoms with Gasteiger partial charge in [0.05, 0.1) is 11.1 Å². The summed E-state index contributed by atoms with van der Waals surface area (Å²) in [7, 11) is 0. The predicted molar refractivity (Wildman–Crippen MR) is 90.7 cm³/mol. The number of aromatic nitrogens is 4. The Kier molecular flexibility index (Phi) is 4.54. The van der Waals surface area contributed by atoms with Gasteiger partial charge in [-0.25, -0.2) is 9.67 Å². The number of hydrogen-bond donors (Lipinski definition) is 1. The topological polar surface area (TPSA) is 89.9 Å². The van der Waals surface area contributed by atoms with Gasteiger partial charge in [-0.2, -0.15) is 0 Å². The molecule has 1 fully saturated rings. The number of nitrogens with two attached hydrogens (primary N) is 1. The summed E-state index contributed by atoms with van der Waals surface area (Å²) in [5.74, 6) is -0.399. The third-order valence-electron chi connectivity index (χ3n) is 3.90. The minimum Gasteiger partial charge on any atom is -0.368 e. The van der Waals surface area contributed by atoms with Crippen molar-refractivity contribution in [3.63, 3.8) is 0 Å². The molecule has 9 heteroatoms. The highest BCUT2D eigenvalue weighted by Crippen LogP contribution is 2.38. The van der Waals surface area contributed by atoms with E-state index in [0.29, 0.717) is 10.8 Å². The molecule has 2 aromatic heterocycles. The zero-order valence-electron chi connectivity index (χ0n) is 13.1. The summed E-state index contributed by atoms with van der Waals surface area (Å²) < 4.78 is 1.51. The Labute approximate surface area is 143 Å². The Balaban J connectivity index is 1.89. The van der Waals surface area contributed by atoms with Crippen molar-refractivity contribution in [2.75, 3.05) is 18.0 Å². The fraction of sp³-hybridized carbons (Fsp3) is 0.571. The van der Waals surface area contributed by atoms with Gasteiger partial charge >= 0.3 is 0 Å². The lowest BCUT2D eigenvalue weighted by molar-refractivity contribution is -0.122. The number of carbonyl (C=O) groups is 1. The quantitative estimate of drug-likeness (QED) is 0.890. The van der Waals surface area contributed by atoms with Crippen molar-refractivity contribution >= 4 is 34.0 Å². The second kappa shape index (κ2) is 6.45. The normalized spacial score (nSPS) is 16.3. The van der Waals surface area contributed by atoms with Crippen molar-refractivity contribution in [3.8, 4) is 10.6 Å². The number of rotatable bonds is 5. The maximum absolute atomic E-state index is 11.6. The summed E-state index contributed by atoms with van der Waals surface area (Å²) in [6.45, 7) is 5.85. The molecule has 0 spiro atoms. The molecule has 1 saturated heterocycles. The Morgan fingerprint density at radius 2 is 2.09 bits per heavy atom. The molecule has 7 nitrogen and oxygen atoms in total. The number of halogens is 1. The molecule has 0 aliphatic carbocycles. The Morgan fingerprint density at radius 1 is 1.39 bits per heavy atom. The third-order valence-corrected chi connectivity index (χ3v) is 5.43. The van der Waals surface area contributed by atoms with Gasteiger partial charge in [0.2, 0.25) is 5.91 Å². The highest BCUT2D eigenvalue weighted by molar-refractivity contribution is 7.19. The van der Waals surface area contributed by atoms with E-state index < -0.39 is 11.9 Å². The van der Waals surface area contributed by atoms with E-state index in [1.54, 1.807) is 6.20 Å². The standard InChI is InChI=1S/C14H19ClN6OS/c1-8(2)10(13(16)22)21-7-9(18-19-21)11-12(15)17-14(23-11)20-5-3-4-6-20/h7-8,10H,3-6H2,1-2H3,(H2,16,22)/t10-/m0/s1. The van der Waals surface area contributed by atoms with Crippen LogP contribution < -0.4 is 10.6 Å². The summed E-state index contributed by atoms with van der Waals surface area (Å²) in [4.78, 5) is 19.1. The molecule has 1 aliphatic heterocycles. The number of nitrogens with zero attached hydrogens (tertiary/aromatic N) is 5. The number of anilines is 1. The van der Waals surface area contributed by atoms with Crippen molar-refractivity contribution in [2.45, 2.75) is 32.7 Å². The lowest BCUT2D eigenvalue weighted by Gasteiger charge is -2.16. The maximum atomic E-state index is 11.6. The molecule has 1 amide bonds. The minimum absolute atomic E-state index is 0.0270. The lowest BCUT2D eigenvalue weighted by atomic mass is 10.0. The highest BCUT2D eigenvalue weighted by Gasteiger charge is 2.25. The molecule has 0 saturated carbocycles. The first-order valence-corrected chi connectivity index (χ1v) is 8.79. The SMILES string of the molecule is CC(C)[C@@H](C(N)=O)n1cc(-c2sc(N3CCCC3)nc2Cl)nn1. The van der Waals surface area contributed by atoms with E-state index in [-0.39, 0.29) is 5.92 Å². The zero-order chi connectivity index (χ0) is 16.6. The molecule has 2 N–H and O–H groups in total. The van der Waals surface area contributed by atoms with Crippen molar-refractivity contribution in [3.05, 3.63) is 11.3 Å². The summed E-state index contributed by atoms with van der Waals surface area (Å²) in [6, 6.07) is -0.527. The maximum Gasteiger partial charge on any atom is 0.242 e. The van der Waals surface area contributed by atoms with Crippen molar-refractivity contribution in [1.29, 1.82) is 0 Å². The van der Waals surface area contributed by atoms with Crippen LogP contribution in [0.25, 0.3) is 10.6 Å². The van der Waals surface area contributed by atoms with Gasteiger partial charge in [0, 0.05) is 13.1 Å². The van der Waals surface area contributed by atoms with E-state index in [1.165, 1.54) is 28.9 Å². The van der Waals surface area contributed by atoms with Crippen molar-refractivity contribution < 1.29 is 4.79 Å². The van der Waals surface area contributed by atoms with Crippen molar-refractivity contribution in [1.82, 2.24) is 20.0 Å². The number of hydrogen-bond acceptors (Lipinski definition) is 6. The Hall–Kier alpha value is -1.67. The van der Waals surface area contributed by atoms with Gasteiger partial charge in [-0.1, -0.05) is 42.0 Å². The average Bonchev–Trinajstić information content (AvgIpc) is 3.17. The molecule has 3 heterocycles. The van der Waals surface area contributed by atoms with Crippen molar-refractivity contribution in [2.24, 2.45) is 11.7 Å². The first-order chi connectivity index (χ1) is 11.0. The van der Waals surface area contributed by atoms with E-state index >= 15 is 0 Å². The van der Waals surface area contributed by atoms with E-state index in [0.717, 1.165) is 23.1 Å². The van der Waals surface area contributed by atoms with Gasteiger partial charge in [-0.3, -0.25) is 4.79 Å². The Bertz CT molecular complexity index is 706. The van der Waals surface area contributed by atoms with E-state index in [4.69, 9.17) is 17.3 Å². The molecule has 1 aliphatic rings. The molecule has 0 bridgehead atoms. The number of carbonyl (C=O) groups excluding carboxylic acids is 1. The second-order valence-electron chi connectivity index (χ2n) is 5.99. The highest BCUT2D eigenvalue weighted by atomic mass is 35.5. The van der Waals surface area contributed by atoms with E-state index in [1.807, 2.05) is 13.8 Å². The summed E-state index contributed by atoms with van der Waals surface area (Å²) in [5, 5.41) is 9.53. The first-order valence-electron chi connectivity index (χ1n) is 7.60. The van der Waals surface area contributed by atoms with Gasteiger partial charge < -0.3 is 10.6 Å². The van der Waals surface area contributed by atoms with Crippen LogP contribution >= 0.6 is 22.9 Å². The molecule has 3 rings (SSSR count). The number of primary amides is 1. The molecule has 1 atom stereocenters. The van der Waals surface area contributed by atoms with Crippen LogP contribution in [0.1, 0.15) is 32.7 Å². The fourth-order valence-corrected chi connectivity index (χ4v) is 4.08. The largest absolute Gasteiger partial charge is 0.368 e. The molecule has 0 radical (unpaired) electrons. The van der Waals surface area contributed by atoms with Gasteiger partial charge in [0.25, 0.3) is 0 Å². The van der Waals surface area contributed by atoms with Crippen LogP contribution in [0.2, 0.25) is 5.15 Å². The molecule has 124 valence electrons. The van der Waals surface area contributed by atoms with Crippen LogP contribution in [-0.2, 0) is 4.79 Å². The van der Waals surface area contributed by atoms with Gasteiger partial charge in [-0.05, 0) is 18.8 Å². The fourth-order valence-electron chi connectivity index (χ4n) is 2.77. The molecular formula is C14H19ClN6OS. The monoisotopic (exact) mass is 354 g/mol. The number of thiazole rings is 1. The second-order valence-corrected chi connectivity index (χ2v) is 7.32. The summed E-state index contributed by atoms with van der Waals surface area (Å²) in [6.07, 6.45) is 4.07. The smallest absolute Gasteiger partial charge is 0.242 e. The first kappa shape index (κ1) is 16.2. The zero-order valence-corrected chi connectivity index (χ0v) is 14.6. The third kappa shape index (κ3) is 3.18. The summed E-state index contributed by atoms with van der Waals surface area (Å²) >= 11 is 7.78. The minimum atomic E-state index is -0.527.